The first-order chi connectivity index (χ1) is 18.1. The minimum absolute atomic E-state index is 0.0288. The van der Waals surface area contributed by atoms with Crippen molar-refractivity contribution in [1.82, 2.24) is 0 Å². The summed E-state index contributed by atoms with van der Waals surface area (Å²) in [6, 6.07) is 12.6. The lowest BCUT2D eigenvalue weighted by molar-refractivity contribution is 0.553. The highest BCUT2D eigenvalue weighted by Crippen LogP contribution is 2.49. The molecule has 228 valence electrons. The van der Waals surface area contributed by atoms with Gasteiger partial charge in [0.05, 0.1) is 6.07 Å². The summed E-state index contributed by atoms with van der Waals surface area (Å²) in [5.74, 6) is 0. The summed E-state index contributed by atoms with van der Waals surface area (Å²) < 4.78 is 0. The van der Waals surface area contributed by atoms with Crippen molar-refractivity contribution in [3.8, 4) is 6.07 Å². The second kappa shape index (κ2) is 11.5. The van der Waals surface area contributed by atoms with E-state index in [0.717, 1.165) is 6.16 Å². The smallest absolute Gasteiger partial charge is 0.0625 e. The molecule has 0 N–H and O–H groups in total. The lowest BCUT2D eigenvalue weighted by Crippen LogP contribution is -2.38. The van der Waals surface area contributed by atoms with E-state index in [-0.39, 0.29) is 32.5 Å². The van der Waals surface area contributed by atoms with Gasteiger partial charge in [-0.2, -0.15) is 5.26 Å². The second-order valence-corrected chi connectivity index (χ2v) is 20.6. The lowest BCUT2D eigenvalue weighted by Gasteiger charge is -2.41. The number of hydrogen-bond acceptors (Lipinski definition) is 1. The standard InChI is InChI=1S/C39H62NP/c1-34(2,3)26-22-28(36(7,8)9)32(29(23-26)37(10,11)12)41(21-19-20-40)33-30(38(13,14)15)24-27(35(4,5)6)25-31(33)39(16,17)18/h22-25H,19,21H2,1-18H3. The molecule has 0 bridgehead atoms. The minimum Gasteiger partial charge on any atom is -0.198 e. The molecule has 0 amide bonds. The molecule has 0 aliphatic heterocycles. The van der Waals surface area contributed by atoms with Gasteiger partial charge in [0.25, 0.3) is 0 Å². The lowest BCUT2D eigenvalue weighted by atomic mass is 9.75. The number of hydrogen-bond donors (Lipinski definition) is 0. The third-order valence-corrected chi connectivity index (χ3v) is 10.9. The molecule has 0 unspecified atom stereocenters. The number of benzene rings is 2. The van der Waals surface area contributed by atoms with E-state index in [2.05, 4.69) is 155 Å². The molecule has 2 aromatic carbocycles. The normalized spacial score (nSPS) is 14.0. The van der Waals surface area contributed by atoms with E-state index in [1.165, 1.54) is 44.0 Å². The fraction of sp³-hybridized carbons (Fsp3) is 0.667. The summed E-state index contributed by atoms with van der Waals surface area (Å²) in [7, 11) is -0.816. The highest BCUT2D eigenvalue weighted by molar-refractivity contribution is 7.73. The Bertz CT molecular complexity index is 1110. The quantitative estimate of drug-likeness (QED) is 0.333. The molecule has 0 aliphatic carbocycles. The number of nitriles is 1. The van der Waals surface area contributed by atoms with Crippen molar-refractivity contribution in [2.24, 2.45) is 0 Å². The van der Waals surface area contributed by atoms with Gasteiger partial charge in [-0.3, -0.25) is 0 Å². The van der Waals surface area contributed by atoms with Crippen LogP contribution in [0, 0.1) is 11.3 Å². The van der Waals surface area contributed by atoms with E-state index < -0.39 is 7.92 Å². The van der Waals surface area contributed by atoms with Gasteiger partial charge in [-0.1, -0.05) is 149 Å². The highest BCUT2D eigenvalue weighted by Gasteiger charge is 2.38. The Morgan fingerprint density at radius 3 is 0.878 bits per heavy atom. The fourth-order valence-corrected chi connectivity index (χ4v) is 9.26. The van der Waals surface area contributed by atoms with Crippen LogP contribution in [0.1, 0.15) is 164 Å². The van der Waals surface area contributed by atoms with Gasteiger partial charge in [-0.25, -0.2) is 0 Å². The Morgan fingerprint density at radius 1 is 0.463 bits per heavy atom. The van der Waals surface area contributed by atoms with E-state index in [1.54, 1.807) is 0 Å². The van der Waals surface area contributed by atoms with Gasteiger partial charge >= 0.3 is 0 Å². The van der Waals surface area contributed by atoms with Crippen molar-refractivity contribution in [3.63, 3.8) is 0 Å². The van der Waals surface area contributed by atoms with E-state index in [9.17, 15) is 5.26 Å². The molecular formula is C39H62NP. The summed E-state index contributed by atoms with van der Waals surface area (Å²) in [6.45, 7) is 42.5. The van der Waals surface area contributed by atoms with Crippen molar-refractivity contribution in [2.75, 3.05) is 6.16 Å². The predicted octanol–water partition coefficient (Wildman–Crippen LogP) is 10.8. The van der Waals surface area contributed by atoms with Crippen LogP contribution in [0.2, 0.25) is 0 Å². The van der Waals surface area contributed by atoms with Crippen LogP contribution in [-0.2, 0) is 32.5 Å². The third kappa shape index (κ3) is 8.26. The zero-order valence-corrected chi connectivity index (χ0v) is 31.0. The van der Waals surface area contributed by atoms with Crippen LogP contribution >= 0.6 is 7.92 Å². The molecule has 0 fully saturated rings. The van der Waals surface area contributed by atoms with Crippen LogP contribution in [0.25, 0.3) is 0 Å². The molecule has 0 saturated heterocycles. The fourth-order valence-electron chi connectivity index (χ4n) is 5.50. The summed E-state index contributed by atoms with van der Waals surface area (Å²) in [5, 5.41) is 13.0. The predicted molar refractivity (Wildman–Crippen MR) is 186 cm³/mol. The molecule has 2 aromatic rings. The number of rotatable bonds is 4. The highest BCUT2D eigenvalue weighted by atomic mass is 31.1. The van der Waals surface area contributed by atoms with E-state index in [1.807, 2.05) is 0 Å². The molecule has 1 nitrogen and oxygen atoms in total. The topological polar surface area (TPSA) is 23.8 Å². The number of nitrogens with zero attached hydrogens (tertiary/aromatic N) is 1. The first-order valence-corrected chi connectivity index (χ1v) is 17.2. The molecule has 0 aromatic heterocycles. The van der Waals surface area contributed by atoms with Crippen molar-refractivity contribution < 1.29 is 0 Å². The Hall–Kier alpha value is -1.64. The van der Waals surface area contributed by atoms with Crippen molar-refractivity contribution in [2.45, 2.75) is 164 Å². The van der Waals surface area contributed by atoms with Crippen LogP contribution in [0.15, 0.2) is 24.3 Å². The Kier molecular flexibility index (Phi) is 9.94. The summed E-state index contributed by atoms with van der Waals surface area (Å²) in [4.78, 5) is 0. The molecule has 0 aliphatic rings. The summed E-state index contributed by atoms with van der Waals surface area (Å²) >= 11 is 0. The van der Waals surface area contributed by atoms with Crippen LogP contribution in [-0.4, -0.2) is 6.16 Å². The SMILES string of the molecule is CC(C)(C)c1cc(C(C)(C)C)c(P(CCC#N)c2c(C(C)(C)C)cc(C(C)(C)C)cc2C(C)(C)C)c(C(C)(C)C)c1. The molecule has 2 heteroatoms. The Labute approximate surface area is 256 Å². The Balaban J connectivity index is 3.36. The van der Waals surface area contributed by atoms with Gasteiger partial charge < -0.3 is 0 Å². The van der Waals surface area contributed by atoms with Gasteiger partial charge in [0.1, 0.15) is 0 Å². The zero-order chi connectivity index (χ0) is 32.1. The van der Waals surface area contributed by atoms with Gasteiger partial charge in [0.2, 0.25) is 0 Å². The third-order valence-electron chi connectivity index (χ3n) is 8.17. The summed E-state index contributed by atoms with van der Waals surface area (Å²) in [6.07, 6.45) is 1.45. The van der Waals surface area contributed by atoms with E-state index in [4.69, 9.17) is 0 Å². The first-order valence-electron chi connectivity index (χ1n) is 15.7. The molecule has 0 heterocycles. The average molecular weight is 576 g/mol. The Morgan fingerprint density at radius 2 is 0.707 bits per heavy atom. The van der Waals surface area contributed by atoms with Gasteiger partial charge in [-0.05, 0) is 90.6 Å². The molecular weight excluding hydrogens is 513 g/mol. The van der Waals surface area contributed by atoms with Crippen LogP contribution in [0.4, 0.5) is 0 Å². The molecule has 0 atom stereocenters. The second-order valence-electron chi connectivity index (χ2n) is 18.4. The maximum Gasteiger partial charge on any atom is 0.0625 e. The van der Waals surface area contributed by atoms with Gasteiger partial charge in [0.15, 0.2) is 0 Å². The molecule has 0 radical (unpaired) electrons. The molecule has 2 rings (SSSR count). The maximum atomic E-state index is 9.99. The molecule has 0 spiro atoms. The first kappa shape index (κ1) is 35.6. The van der Waals surface area contributed by atoms with Crippen LogP contribution in [0.5, 0.6) is 0 Å². The van der Waals surface area contributed by atoms with Crippen LogP contribution in [0.3, 0.4) is 0 Å². The minimum atomic E-state index is -0.816. The van der Waals surface area contributed by atoms with Gasteiger partial charge in [0, 0.05) is 6.42 Å². The van der Waals surface area contributed by atoms with Crippen LogP contribution < -0.4 is 10.6 Å². The van der Waals surface area contributed by atoms with Crippen molar-refractivity contribution in [3.05, 3.63) is 57.6 Å². The molecule has 41 heavy (non-hydrogen) atoms. The van der Waals surface area contributed by atoms with E-state index >= 15 is 0 Å². The zero-order valence-electron chi connectivity index (χ0n) is 30.1. The molecule has 0 saturated carbocycles. The maximum absolute atomic E-state index is 9.99. The average Bonchev–Trinajstić information content (AvgIpc) is 2.74. The van der Waals surface area contributed by atoms with Gasteiger partial charge in [-0.15, -0.1) is 0 Å². The van der Waals surface area contributed by atoms with Crippen molar-refractivity contribution >= 4 is 18.5 Å². The monoisotopic (exact) mass is 575 g/mol. The largest absolute Gasteiger partial charge is 0.198 e. The summed E-state index contributed by atoms with van der Waals surface area (Å²) in [5.41, 5.74) is 8.62. The van der Waals surface area contributed by atoms with E-state index in [0.29, 0.717) is 6.42 Å². The van der Waals surface area contributed by atoms with Crippen molar-refractivity contribution in [1.29, 1.82) is 5.26 Å².